The highest BCUT2D eigenvalue weighted by molar-refractivity contribution is 6.24. The third kappa shape index (κ3) is 1.93. The number of rotatable bonds is 2. The lowest BCUT2D eigenvalue weighted by Gasteiger charge is -2.13. The van der Waals surface area contributed by atoms with E-state index in [0.717, 1.165) is 16.7 Å². The third-order valence-corrected chi connectivity index (χ3v) is 3.07. The van der Waals surface area contributed by atoms with Crippen molar-refractivity contribution in [2.24, 2.45) is 0 Å². The van der Waals surface area contributed by atoms with E-state index in [4.69, 9.17) is 4.74 Å². The van der Waals surface area contributed by atoms with Crippen molar-refractivity contribution in [1.82, 2.24) is 0 Å². The Hall–Kier alpha value is -1.77. The first kappa shape index (κ1) is 11.7. The molecule has 0 atom stereocenters. The van der Waals surface area contributed by atoms with Crippen molar-refractivity contribution >= 4 is 11.4 Å². The fourth-order valence-corrected chi connectivity index (χ4v) is 2.34. The van der Waals surface area contributed by atoms with Crippen molar-refractivity contribution in [3.8, 4) is 5.75 Å². The summed E-state index contributed by atoms with van der Waals surface area (Å²) in [7, 11) is 1.58. The number of aliphatic hydroxyl groups is 1. The van der Waals surface area contributed by atoms with Gasteiger partial charge in [-0.3, -0.25) is 4.79 Å². The Bertz CT molecular complexity index is 512. The Morgan fingerprint density at radius 1 is 1.24 bits per heavy atom. The molecule has 1 aromatic rings. The van der Waals surface area contributed by atoms with Gasteiger partial charge >= 0.3 is 0 Å². The van der Waals surface area contributed by atoms with Crippen LogP contribution in [-0.2, 0) is 4.79 Å². The Labute approximate surface area is 101 Å². The Morgan fingerprint density at radius 2 is 1.94 bits per heavy atom. The topological polar surface area (TPSA) is 46.5 Å². The van der Waals surface area contributed by atoms with Gasteiger partial charge in [0.05, 0.1) is 12.7 Å². The first-order valence-electron chi connectivity index (χ1n) is 5.65. The molecule has 0 radical (unpaired) electrons. The average molecular weight is 232 g/mol. The SMILES string of the molecule is COc1cc(C)cc(C)c1C1=C(O)CCC1=O. The summed E-state index contributed by atoms with van der Waals surface area (Å²) >= 11 is 0. The molecule has 0 heterocycles. The van der Waals surface area contributed by atoms with E-state index in [1.807, 2.05) is 26.0 Å². The molecule has 2 rings (SSSR count). The molecular formula is C14H16O3. The Morgan fingerprint density at radius 3 is 2.47 bits per heavy atom. The molecular weight excluding hydrogens is 216 g/mol. The van der Waals surface area contributed by atoms with Crippen LogP contribution >= 0.6 is 0 Å². The zero-order valence-corrected chi connectivity index (χ0v) is 10.3. The summed E-state index contributed by atoms with van der Waals surface area (Å²) in [4.78, 5) is 11.8. The molecule has 1 aromatic carbocycles. The number of carbonyl (C=O) groups excluding carboxylic acids is 1. The molecule has 90 valence electrons. The van der Waals surface area contributed by atoms with Gasteiger partial charge in [0.1, 0.15) is 11.5 Å². The summed E-state index contributed by atoms with van der Waals surface area (Å²) in [5.74, 6) is 0.826. The van der Waals surface area contributed by atoms with Crippen LogP contribution in [0.5, 0.6) is 5.75 Å². The predicted molar refractivity (Wildman–Crippen MR) is 66.3 cm³/mol. The zero-order chi connectivity index (χ0) is 12.6. The van der Waals surface area contributed by atoms with E-state index in [1.165, 1.54) is 0 Å². The lowest BCUT2D eigenvalue weighted by atomic mass is 9.96. The molecule has 3 nitrogen and oxygen atoms in total. The molecule has 0 amide bonds. The second-order valence-electron chi connectivity index (χ2n) is 4.40. The maximum Gasteiger partial charge on any atom is 0.167 e. The highest BCUT2D eigenvalue weighted by Crippen LogP contribution is 2.37. The minimum Gasteiger partial charge on any atom is -0.512 e. The molecule has 0 unspecified atom stereocenters. The first-order valence-corrected chi connectivity index (χ1v) is 5.65. The van der Waals surface area contributed by atoms with E-state index < -0.39 is 0 Å². The number of benzene rings is 1. The summed E-state index contributed by atoms with van der Waals surface area (Å²) in [5, 5.41) is 9.83. The molecule has 1 aliphatic carbocycles. The van der Waals surface area contributed by atoms with Crippen molar-refractivity contribution in [3.63, 3.8) is 0 Å². The summed E-state index contributed by atoms with van der Waals surface area (Å²) in [6.45, 7) is 3.90. The molecule has 1 N–H and O–H groups in total. The minimum atomic E-state index is -0.00671. The van der Waals surface area contributed by atoms with E-state index in [0.29, 0.717) is 24.2 Å². The van der Waals surface area contributed by atoms with Crippen LogP contribution in [0.3, 0.4) is 0 Å². The number of hydrogen-bond acceptors (Lipinski definition) is 3. The number of ether oxygens (including phenoxy) is 1. The number of carbonyl (C=O) groups is 1. The smallest absolute Gasteiger partial charge is 0.167 e. The largest absolute Gasteiger partial charge is 0.512 e. The van der Waals surface area contributed by atoms with Crippen LogP contribution in [0.25, 0.3) is 5.57 Å². The first-order chi connectivity index (χ1) is 8.04. The van der Waals surface area contributed by atoms with Crippen molar-refractivity contribution in [2.45, 2.75) is 26.7 Å². The molecule has 0 aromatic heterocycles. The molecule has 0 spiro atoms. The van der Waals surface area contributed by atoms with E-state index in [9.17, 15) is 9.90 Å². The number of hydrogen-bond donors (Lipinski definition) is 1. The molecule has 3 heteroatoms. The monoisotopic (exact) mass is 232 g/mol. The molecule has 0 saturated carbocycles. The lowest BCUT2D eigenvalue weighted by molar-refractivity contribution is -0.113. The van der Waals surface area contributed by atoms with Gasteiger partial charge in [0, 0.05) is 18.4 Å². The van der Waals surface area contributed by atoms with Crippen molar-refractivity contribution in [2.75, 3.05) is 7.11 Å². The van der Waals surface area contributed by atoms with Gasteiger partial charge in [0.25, 0.3) is 0 Å². The van der Waals surface area contributed by atoms with E-state index in [-0.39, 0.29) is 11.5 Å². The van der Waals surface area contributed by atoms with Crippen LogP contribution in [-0.4, -0.2) is 18.0 Å². The van der Waals surface area contributed by atoms with Crippen LogP contribution in [0.4, 0.5) is 0 Å². The number of ketones is 1. The third-order valence-electron chi connectivity index (χ3n) is 3.07. The maximum atomic E-state index is 11.8. The van der Waals surface area contributed by atoms with E-state index in [1.54, 1.807) is 7.11 Å². The van der Waals surface area contributed by atoms with Gasteiger partial charge in [-0.15, -0.1) is 0 Å². The highest BCUT2D eigenvalue weighted by atomic mass is 16.5. The zero-order valence-electron chi connectivity index (χ0n) is 10.3. The van der Waals surface area contributed by atoms with Crippen LogP contribution < -0.4 is 4.74 Å². The minimum absolute atomic E-state index is 0.00671. The Balaban J connectivity index is 2.67. The summed E-state index contributed by atoms with van der Waals surface area (Å²) in [5.41, 5.74) is 3.20. The quantitative estimate of drug-likeness (QED) is 0.852. The van der Waals surface area contributed by atoms with Crippen molar-refractivity contribution in [3.05, 3.63) is 34.6 Å². The summed E-state index contributed by atoms with van der Waals surface area (Å²) < 4.78 is 5.32. The van der Waals surface area contributed by atoms with Crippen LogP contribution in [0.15, 0.2) is 17.9 Å². The number of allylic oxidation sites excluding steroid dienone is 2. The molecule has 1 aliphatic rings. The van der Waals surface area contributed by atoms with Gasteiger partial charge in [-0.05, 0) is 31.0 Å². The summed E-state index contributed by atoms with van der Waals surface area (Å²) in [6.07, 6.45) is 0.822. The molecule has 17 heavy (non-hydrogen) atoms. The van der Waals surface area contributed by atoms with Gasteiger partial charge in [-0.2, -0.15) is 0 Å². The van der Waals surface area contributed by atoms with Crippen LogP contribution in [0.2, 0.25) is 0 Å². The van der Waals surface area contributed by atoms with Crippen LogP contribution in [0.1, 0.15) is 29.5 Å². The summed E-state index contributed by atoms with van der Waals surface area (Å²) in [6, 6.07) is 3.87. The fourth-order valence-electron chi connectivity index (χ4n) is 2.34. The van der Waals surface area contributed by atoms with Crippen molar-refractivity contribution < 1.29 is 14.6 Å². The van der Waals surface area contributed by atoms with Crippen molar-refractivity contribution in [1.29, 1.82) is 0 Å². The molecule has 0 bridgehead atoms. The van der Waals surface area contributed by atoms with Gasteiger partial charge in [0.2, 0.25) is 0 Å². The second-order valence-corrected chi connectivity index (χ2v) is 4.40. The molecule has 0 fully saturated rings. The predicted octanol–water partition coefficient (Wildman–Crippen LogP) is 2.94. The number of methoxy groups -OCH3 is 1. The average Bonchev–Trinajstić information content (AvgIpc) is 2.59. The highest BCUT2D eigenvalue weighted by Gasteiger charge is 2.27. The standard InChI is InChI=1S/C14H16O3/c1-8-6-9(2)13(12(7-8)17-3)14-10(15)4-5-11(14)16/h6-7,15H,4-5H2,1-3H3. The maximum absolute atomic E-state index is 11.8. The molecule has 0 saturated heterocycles. The normalized spacial score (nSPS) is 15.6. The van der Waals surface area contributed by atoms with E-state index in [2.05, 4.69) is 0 Å². The van der Waals surface area contributed by atoms with Gasteiger partial charge in [0.15, 0.2) is 5.78 Å². The van der Waals surface area contributed by atoms with Gasteiger partial charge < -0.3 is 9.84 Å². The second kappa shape index (κ2) is 4.24. The lowest BCUT2D eigenvalue weighted by Crippen LogP contribution is -2.02. The van der Waals surface area contributed by atoms with E-state index >= 15 is 0 Å². The number of aryl methyl sites for hydroxylation is 2. The van der Waals surface area contributed by atoms with Gasteiger partial charge in [-0.25, -0.2) is 0 Å². The fraction of sp³-hybridized carbons (Fsp3) is 0.357. The Kier molecular flexibility index (Phi) is 2.92. The van der Waals surface area contributed by atoms with Gasteiger partial charge in [-0.1, -0.05) is 6.07 Å². The number of aliphatic hydroxyl groups excluding tert-OH is 1. The number of Topliss-reactive ketones (excluding diaryl/α,β-unsaturated/α-hetero) is 1. The van der Waals surface area contributed by atoms with Crippen LogP contribution in [0, 0.1) is 13.8 Å². The molecule has 0 aliphatic heterocycles.